The Labute approximate surface area is 91.6 Å². The first-order valence-electron chi connectivity index (χ1n) is 5.00. The van der Waals surface area contributed by atoms with Gasteiger partial charge in [-0.25, -0.2) is 0 Å². The van der Waals surface area contributed by atoms with Gasteiger partial charge in [0.25, 0.3) is 0 Å². The third-order valence-electron chi connectivity index (χ3n) is 1.54. The van der Waals surface area contributed by atoms with Gasteiger partial charge in [-0.15, -0.1) is 9.24 Å². The highest BCUT2D eigenvalue weighted by Gasteiger charge is 1.89. The van der Waals surface area contributed by atoms with Crippen LogP contribution >= 0.6 is 9.24 Å². The second-order valence-corrected chi connectivity index (χ2v) is 2.65. The molecule has 0 saturated carbocycles. The van der Waals surface area contributed by atoms with Crippen LogP contribution < -0.4 is 0 Å². The quantitative estimate of drug-likeness (QED) is 0.597. The first-order valence-corrected chi connectivity index (χ1v) is 6.16. The molecule has 1 aromatic rings. The number of aryl methyl sites for hydroxylation is 1. The van der Waals surface area contributed by atoms with Gasteiger partial charge in [-0.05, 0) is 19.4 Å². The van der Waals surface area contributed by atoms with Crippen LogP contribution in [0.15, 0.2) is 30.8 Å². The van der Waals surface area contributed by atoms with Crippen LogP contribution in [0.25, 0.3) is 5.57 Å². The Hall–Kier alpha value is -0.610. The summed E-state index contributed by atoms with van der Waals surface area (Å²) in [5, 5.41) is 0. The van der Waals surface area contributed by atoms with E-state index in [9.17, 15) is 0 Å². The Morgan fingerprint density at radius 2 is 1.43 bits per heavy atom. The Balaban J connectivity index is 0. The van der Waals surface area contributed by atoms with Crippen LogP contribution in [0.5, 0.6) is 0 Å². The van der Waals surface area contributed by atoms with Crippen molar-refractivity contribution in [3.05, 3.63) is 42.0 Å². The van der Waals surface area contributed by atoms with Gasteiger partial charge in [-0.2, -0.15) is 0 Å². The molecule has 1 rings (SSSR count). The van der Waals surface area contributed by atoms with E-state index in [0.717, 1.165) is 5.57 Å². The molecule has 0 aliphatic rings. The summed E-state index contributed by atoms with van der Waals surface area (Å²) in [6, 6.07) is 8.39. The van der Waals surface area contributed by atoms with E-state index in [4.69, 9.17) is 0 Å². The number of benzene rings is 1. The number of hydrogen-bond donors (Lipinski definition) is 0. The molecule has 0 fully saturated rings. The van der Waals surface area contributed by atoms with Gasteiger partial charge in [0, 0.05) is 0 Å². The van der Waals surface area contributed by atoms with Crippen LogP contribution in [0, 0.1) is 6.92 Å². The molecule has 0 N–H and O–H groups in total. The number of rotatable bonds is 1. The smallest absolute Gasteiger partial charge is 0.0233 e. The average molecular weight is 210 g/mol. The van der Waals surface area contributed by atoms with Gasteiger partial charge < -0.3 is 0 Å². The summed E-state index contributed by atoms with van der Waals surface area (Å²) in [7, 11) is 2.42. The molecule has 80 valence electrons. The first-order chi connectivity index (χ1) is 6.70. The van der Waals surface area contributed by atoms with Crippen molar-refractivity contribution in [2.45, 2.75) is 27.7 Å². The van der Waals surface area contributed by atoms with Crippen LogP contribution in [0.2, 0.25) is 0 Å². The van der Waals surface area contributed by atoms with E-state index in [1.165, 1.54) is 11.1 Å². The third kappa shape index (κ3) is 6.86. The van der Waals surface area contributed by atoms with E-state index in [0.29, 0.717) is 0 Å². The van der Waals surface area contributed by atoms with Crippen molar-refractivity contribution in [1.82, 2.24) is 0 Å². The first kappa shape index (κ1) is 15.8. The lowest BCUT2D eigenvalue weighted by atomic mass is 10.1. The Kier molecular flexibility index (Phi) is 11.9. The molecule has 0 radical (unpaired) electrons. The molecule has 0 bridgehead atoms. The maximum absolute atomic E-state index is 3.86. The highest BCUT2D eigenvalue weighted by molar-refractivity contribution is 7.15. The van der Waals surface area contributed by atoms with Crippen molar-refractivity contribution >= 4 is 14.8 Å². The summed E-state index contributed by atoms with van der Waals surface area (Å²) in [5.74, 6) is 0. The molecule has 1 unspecified atom stereocenters. The summed E-state index contributed by atoms with van der Waals surface area (Å²) in [4.78, 5) is 0. The highest BCUT2D eigenvalue weighted by Crippen LogP contribution is 2.11. The lowest BCUT2D eigenvalue weighted by Gasteiger charge is -1.98. The predicted octanol–water partition coefficient (Wildman–Crippen LogP) is 4.55. The lowest BCUT2D eigenvalue weighted by Crippen LogP contribution is -1.76. The van der Waals surface area contributed by atoms with Crippen molar-refractivity contribution < 1.29 is 0 Å². The Bertz CT molecular complexity index is 234. The van der Waals surface area contributed by atoms with E-state index in [1.54, 1.807) is 0 Å². The molecular formula is C13H23P. The van der Waals surface area contributed by atoms with Crippen LogP contribution in [-0.2, 0) is 0 Å². The van der Waals surface area contributed by atoms with Gasteiger partial charge in [-0.3, -0.25) is 0 Å². The molecule has 0 aromatic heterocycles. The minimum Gasteiger partial charge on any atom is -0.141 e. The molecule has 1 heteroatoms. The van der Waals surface area contributed by atoms with Crippen molar-refractivity contribution in [3.8, 4) is 0 Å². The van der Waals surface area contributed by atoms with Gasteiger partial charge in [0.1, 0.15) is 0 Å². The van der Waals surface area contributed by atoms with E-state index < -0.39 is 0 Å². The van der Waals surface area contributed by atoms with E-state index in [-0.39, 0.29) is 0 Å². The number of allylic oxidation sites excluding steroid dienone is 1. The van der Waals surface area contributed by atoms with Gasteiger partial charge in [0.2, 0.25) is 0 Å². The molecule has 1 atom stereocenters. The second-order valence-electron chi connectivity index (χ2n) is 2.65. The Morgan fingerprint density at radius 3 is 1.71 bits per heavy atom. The van der Waals surface area contributed by atoms with E-state index >= 15 is 0 Å². The van der Waals surface area contributed by atoms with Crippen molar-refractivity contribution in [3.63, 3.8) is 0 Å². The molecule has 0 spiro atoms. The molecule has 1 aromatic carbocycles. The zero-order valence-electron chi connectivity index (χ0n) is 10.1. The van der Waals surface area contributed by atoms with Crippen LogP contribution in [-0.4, -0.2) is 6.66 Å². The normalized spacial score (nSPS) is 7.57. The molecule has 0 amide bonds. The summed E-state index contributed by atoms with van der Waals surface area (Å²) < 4.78 is 0. The molecule has 0 nitrogen and oxygen atoms in total. The monoisotopic (exact) mass is 210 g/mol. The third-order valence-corrected chi connectivity index (χ3v) is 1.54. The molecule has 0 saturated heterocycles. The maximum Gasteiger partial charge on any atom is -0.0233 e. The molecule has 0 aliphatic carbocycles. The zero-order valence-corrected chi connectivity index (χ0v) is 11.2. The summed E-state index contributed by atoms with van der Waals surface area (Å²) >= 11 is 0. The topological polar surface area (TPSA) is 0 Å². The second kappa shape index (κ2) is 10.5. The van der Waals surface area contributed by atoms with E-state index in [2.05, 4.69) is 47.0 Å². The van der Waals surface area contributed by atoms with Crippen molar-refractivity contribution in [2.75, 3.05) is 6.66 Å². The Morgan fingerprint density at radius 1 is 1.07 bits per heavy atom. The highest BCUT2D eigenvalue weighted by atomic mass is 31.0. The fourth-order valence-corrected chi connectivity index (χ4v) is 0.838. The predicted molar refractivity (Wildman–Crippen MR) is 72.9 cm³/mol. The summed E-state index contributed by atoms with van der Waals surface area (Å²) in [5.41, 5.74) is 3.65. The minimum absolute atomic E-state index is 1.13. The minimum atomic E-state index is 1.13. The summed E-state index contributed by atoms with van der Waals surface area (Å²) in [6.45, 7) is 13.9. The van der Waals surface area contributed by atoms with E-state index in [1.807, 2.05) is 27.4 Å². The van der Waals surface area contributed by atoms with Crippen molar-refractivity contribution in [2.24, 2.45) is 0 Å². The van der Waals surface area contributed by atoms with Crippen molar-refractivity contribution in [1.29, 1.82) is 0 Å². The fourth-order valence-electron chi connectivity index (χ4n) is 0.838. The molecule has 0 aliphatic heterocycles. The SMILES string of the molecule is C=C(C)c1ccc(C)cc1.CC.CP. The summed E-state index contributed by atoms with van der Waals surface area (Å²) in [6.07, 6.45) is 0. The molecular weight excluding hydrogens is 187 g/mol. The maximum atomic E-state index is 3.86. The van der Waals surface area contributed by atoms with Crippen LogP contribution in [0.4, 0.5) is 0 Å². The molecule has 0 heterocycles. The standard InChI is InChI=1S/C10H12.C2H6.CH5P/c1-8(2)10-6-4-9(3)5-7-10;2*1-2/h4-7H,1H2,2-3H3;1-2H3;2H2,1H3. The van der Waals surface area contributed by atoms with Gasteiger partial charge >= 0.3 is 0 Å². The van der Waals surface area contributed by atoms with Crippen LogP contribution in [0.1, 0.15) is 31.9 Å². The van der Waals surface area contributed by atoms with Gasteiger partial charge in [0.15, 0.2) is 0 Å². The fraction of sp³-hybridized carbons (Fsp3) is 0.385. The molecule has 14 heavy (non-hydrogen) atoms. The largest absolute Gasteiger partial charge is 0.141 e. The number of hydrogen-bond acceptors (Lipinski definition) is 0. The van der Waals surface area contributed by atoms with Crippen LogP contribution in [0.3, 0.4) is 0 Å². The van der Waals surface area contributed by atoms with Gasteiger partial charge in [0.05, 0.1) is 0 Å². The van der Waals surface area contributed by atoms with Gasteiger partial charge in [-0.1, -0.05) is 62.5 Å². The average Bonchev–Trinajstić information content (AvgIpc) is 2.24. The lowest BCUT2D eigenvalue weighted by molar-refractivity contribution is 1.45. The zero-order chi connectivity index (χ0) is 11.6.